The number of hydrogen-bond acceptors (Lipinski definition) is 3. The lowest BCUT2D eigenvalue weighted by Gasteiger charge is -2.15. The molecule has 0 unspecified atom stereocenters. The molecule has 0 atom stereocenters. The minimum Gasteiger partial charge on any atom is -0.468 e. The van der Waals surface area contributed by atoms with Gasteiger partial charge in [0, 0.05) is 16.7 Å². The van der Waals surface area contributed by atoms with E-state index in [1.165, 1.54) is 5.56 Å². The largest absolute Gasteiger partial charge is 0.468 e. The molecule has 0 radical (unpaired) electrons. The summed E-state index contributed by atoms with van der Waals surface area (Å²) < 4.78 is 6.26. The van der Waals surface area contributed by atoms with Crippen molar-refractivity contribution in [3.63, 3.8) is 0 Å². The molecule has 0 amide bonds. The number of nitrogens with two attached hydrogens (primary N) is 1. The van der Waals surface area contributed by atoms with Crippen LogP contribution in [-0.2, 0) is 13.1 Å². The number of anilines is 1. The van der Waals surface area contributed by atoms with Crippen LogP contribution in [-0.4, -0.2) is 11.9 Å². The standard InChI is InChI=1S/C13H15BrN2O/c1-16(9-11-3-2-6-17-11)8-10-4-5-13(15)12(14)7-10/h2-7H,8-9,15H2,1H3. The number of furan rings is 1. The van der Waals surface area contributed by atoms with Crippen LogP contribution in [0.2, 0.25) is 0 Å². The highest BCUT2D eigenvalue weighted by molar-refractivity contribution is 9.10. The molecule has 17 heavy (non-hydrogen) atoms. The third kappa shape index (κ3) is 3.35. The van der Waals surface area contributed by atoms with Crippen LogP contribution < -0.4 is 5.73 Å². The minimum atomic E-state index is 0.766. The van der Waals surface area contributed by atoms with Crippen molar-refractivity contribution in [3.8, 4) is 0 Å². The maximum atomic E-state index is 5.75. The molecule has 0 saturated carbocycles. The van der Waals surface area contributed by atoms with E-state index in [-0.39, 0.29) is 0 Å². The van der Waals surface area contributed by atoms with Crippen LogP contribution in [0, 0.1) is 0 Å². The molecular weight excluding hydrogens is 280 g/mol. The lowest BCUT2D eigenvalue weighted by atomic mass is 10.2. The van der Waals surface area contributed by atoms with E-state index in [2.05, 4.69) is 27.9 Å². The summed E-state index contributed by atoms with van der Waals surface area (Å²) >= 11 is 3.43. The monoisotopic (exact) mass is 294 g/mol. The van der Waals surface area contributed by atoms with Gasteiger partial charge in [0.2, 0.25) is 0 Å². The lowest BCUT2D eigenvalue weighted by Crippen LogP contribution is -2.16. The molecule has 0 spiro atoms. The fraction of sp³-hybridized carbons (Fsp3) is 0.231. The third-order valence-electron chi connectivity index (χ3n) is 2.52. The molecule has 0 saturated heterocycles. The van der Waals surface area contributed by atoms with Crippen molar-refractivity contribution in [2.24, 2.45) is 0 Å². The number of rotatable bonds is 4. The molecule has 0 bridgehead atoms. The Kier molecular flexibility index (Phi) is 3.86. The average Bonchev–Trinajstić information content (AvgIpc) is 2.76. The van der Waals surface area contributed by atoms with Crippen LogP contribution in [0.4, 0.5) is 5.69 Å². The summed E-state index contributed by atoms with van der Waals surface area (Å²) in [6.45, 7) is 1.66. The molecule has 1 aromatic carbocycles. The van der Waals surface area contributed by atoms with Gasteiger partial charge in [-0.2, -0.15) is 0 Å². The zero-order chi connectivity index (χ0) is 12.3. The first-order valence-corrected chi connectivity index (χ1v) is 6.19. The summed E-state index contributed by atoms with van der Waals surface area (Å²) in [5, 5.41) is 0. The number of benzene rings is 1. The van der Waals surface area contributed by atoms with Gasteiger partial charge in [0.25, 0.3) is 0 Å². The Hall–Kier alpha value is -1.26. The second-order valence-electron chi connectivity index (χ2n) is 4.11. The van der Waals surface area contributed by atoms with Gasteiger partial charge in [0.15, 0.2) is 0 Å². The second kappa shape index (κ2) is 5.38. The van der Waals surface area contributed by atoms with Crippen LogP contribution in [0.5, 0.6) is 0 Å². The highest BCUT2D eigenvalue weighted by atomic mass is 79.9. The Balaban J connectivity index is 1.98. The number of nitrogen functional groups attached to an aromatic ring is 1. The van der Waals surface area contributed by atoms with Crippen LogP contribution in [0.15, 0.2) is 45.5 Å². The summed E-state index contributed by atoms with van der Waals surface area (Å²) in [5.74, 6) is 0.974. The van der Waals surface area contributed by atoms with Gasteiger partial charge in [-0.1, -0.05) is 6.07 Å². The quantitative estimate of drug-likeness (QED) is 0.880. The Labute approximate surface area is 109 Å². The molecule has 2 N–H and O–H groups in total. The predicted octanol–water partition coefficient (Wildman–Crippen LogP) is 3.26. The molecule has 3 nitrogen and oxygen atoms in total. The van der Waals surface area contributed by atoms with E-state index >= 15 is 0 Å². The van der Waals surface area contributed by atoms with Crippen LogP contribution in [0.25, 0.3) is 0 Å². The minimum absolute atomic E-state index is 0.766. The highest BCUT2D eigenvalue weighted by Gasteiger charge is 2.05. The molecule has 1 aromatic heterocycles. The molecule has 2 rings (SSSR count). The summed E-state index contributed by atoms with van der Waals surface area (Å²) in [7, 11) is 2.06. The van der Waals surface area contributed by atoms with Crippen LogP contribution in [0.3, 0.4) is 0 Å². The molecule has 0 aliphatic carbocycles. The first-order valence-electron chi connectivity index (χ1n) is 5.40. The highest BCUT2D eigenvalue weighted by Crippen LogP contribution is 2.21. The van der Waals surface area contributed by atoms with Gasteiger partial charge in [0.1, 0.15) is 5.76 Å². The van der Waals surface area contributed by atoms with E-state index in [4.69, 9.17) is 10.2 Å². The molecule has 0 aliphatic heterocycles. The van der Waals surface area contributed by atoms with E-state index in [1.807, 2.05) is 30.3 Å². The lowest BCUT2D eigenvalue weighted by molar-refractivity contribution is 0.288. The SMILES string of the molecule is CN(Cc1ccc(N)c(Br)c1)Cc1ccco1. The molecule has 90 valence electrons. The Morgan fingerprint density at radius 1 is 1.29 bits per heavy atom. The van der Waals surface area contributed by atoms with Crippen molar-refractivity contribution in [3.05, 3.63) is 52.4 Å². The van der Waals surface area contributed by atoms with E-state index < -0.39 is 0 Å². The zero-order valence-corrected chi connectivity index (χ0v) is 11.3. The van der Waals surface area contributed by atoms with Gasteiger partial charge in [-0.25, -0.2) is 0 Å². The molecular formula is C13H15BrN2O. The van der Waals surface area contributed by atoms with E-state index in [0.29, 0.717) is 0 Å². The van der Waals surface area contributed by atoms with E-state index in [1.54, 1.807) is 6.26 Å². The van der Waals surface area contributed by atoms with Gasteiger partial charge in [-0.05, 0) is 52.8 Å². The third-order valence-corrected chi connectivity index (χ3v) is 3.21. The van der Waals surface area contributed by atoms with Gasteiger partial charge < -0.3 is 10.2 Å². The Morgan fingerprint density at radius 2 is 2.12 bits per heavy atom. The van der Waals surface area contributed by atoms with Crippen molar-refractivity contribution in [2.45, 2.75) is 13.1 Å². The summed E-state index contributed by atoms with van der Waals surface area (Å²) in [4.78, 5) is 2.19. The van der Waals surface area contributed by atoms with Crippen molar-refractivity contribution in [1.82, 2.24) is 4.90 Å². The van der Waals surface area contributed by atoms with Gasteiger partial charge in [-0.3, -0.25) is 4.90 Å². The number of hydrogen-bond donors (Lipinski definition) is 1. The van der Waals surface area contributed by atoms with Gasteiger partial charge >= 0.3 is 0 Å². The van der Waals surface area contributed by atoms with Gasteiger partial charge in [-0.15, -0.1) is 0 Å². The zero-order valence-electron chi connectivity index (χ0n) is 9.69. The predicted molar refractivity (Wildman–Crippen MR) is 72.4 cm³/mol. The topological polar surface area (TPSA) is 42.4 Å². The normalized spacial score (nSPS) is 11.0. The fourth-order valence-electron chi connectivity index (χ4n) is 1.71. The number of halogens is 1. The molecule has 2 aromatic rings. The maximum absolute atomic E-state index is 5.75. The van der Waals surface area contributed by atoms with Crippen molar-refractivity contribution >= 4 is 21.6 Å². The van der Waals surface area contributed by atoms with Crippen LogP contribution >= 0.6 is 15.9 Å². The van der Waals surface area contributed by atoms with Crippen molar-refractivity contribution in [1.29, 1.82) is 0 Å². The summed E-state index contributed by atoms with van der Waals surface area (Å²) in [5.41, 5.74) is 7.74. The summed E-state index contributed by atoms with van der Waals surface area (Å²) in [6.07, 6.45) is 1.70. The van der Waals surface area contributed by atoms with Crippen LogP contribution in [0.1, 0.15) is 11.3 Å². The Bertz CT molecular complexity index is 482. The molecule has 1 heterocycles. The van der Waals surface area contributed by atoms with Crippen molar-refractivity contribution in [2.75, 3.05) is 12.8 Å². The summed E-state index contributed by atoms with van der Waals surface area (Å²) in [6, 6.07) is 9.89. The second-order valence-corrected chi connectivity index (χ2v) is 4.96. The van der Waals surface area contributed by atoms with E-state index in [9.17, 15) is 0 Å². The first kappa shape index (κ1) is 12.2. The maximum Gasteiger partial charge on any atom is 0.117 e. The smallest absolute Gasteiger partial charge is 0.117 e. The van der Waals surface area contributed by atoms with Crippen molar-refractivity contribution < 1.29 is 4.42 Å². The molecule has 4 heteroatoms. The number of nitrogens with zero attached hydrogens (tertiary/aromatic N) is 1. The van der Waals surface area contributed by atoms with E-state index in [0.717, 1.165) is 29.0 Å². The first-order chi connectivity index (χ1) is 8.15. The fourth-order valence-corrected chi connectivity index (χ4v) is 2.13. The molecule has 0 fully saturated rings. The van der Waals surface area contributed by atoms with Gasteiger partial charge in [0.05, 0.1) is 12.8 Å². The Morgan fingerprint density at radius 3 is 2.76 bits per heavy atom. The molecule has 0 aliphatic rings. The average molecular weight is 295 g/mol.